The van der Waals surface area contributed by atoms with Gasteiger partial charge < -0.3 is 9.84 Å². The largest absolute Gasteiger partial charge is 0.366 e. The van der Waals surface area contributed by atoms with E-state index in [1.165, 1.54) is 12.1 Å². The molecule has 0 atom stereocenters. The minimum Gasteiger partial charge on any atom is -0.366 e. The van der Waals surface area contributed by atoms with E-state index in [0.29, 0.717) is 24.1 Å². The smallest absolute Gasteiger partial charge is 0.263 e. The molecule has 0 aliphatic rings. The van der Waals surface area contributed by atoms with Gasteiger partial charge >= 0.3 is 0 Å². The molecule has 0 spiro atoms. The van der Waals surface area contributed by atoms with Crippen LogP contribution >= 0.6 is 0 Å². The van der Waals surface area contributed by atoms with Gasteiger partial charge in [0.05, 0.1) is 0 Å². The predicted octanol–water partition coefficient (Wildman–Crippen LogP) is 4.80. The van der Waals surface area contributed by atoms with E-state index in [2.05, 4.69) is 20.4 Å². The molecular formula is C18H18F2N4O. The van der Waals surface area contributed by atoms with Gasteiger partial charge in [-0.2, -0.15) is 4.98 Å². The van der Waals surface area contributed by atoms with Crippen LogP contribution in [-0.2, 0) is 6.54 Å². The molecule has 0 fully saturated rings. The highest BCUT2D eigenvalue weighted by Gasteiger charge is 2.12. The molecule has 0 aliphatic heterocycles. The first-order valence-electron chi connectivity index (χ1n) is 7.94. The summed E-state index contributed by atoms with van der Waals surface area (Å²) in [5.74, 6) is 1.92. The lowest BCUT2D eigenvalue weighted by molar-refractivity contribution is 0.151. The molecule has 0 bridgehead atoms. The highest BCUT2D eigenvalue weighted by Crippen LogP contribution is 2.22. The topological polar surface area (TPSA) is 63.8 Å². The van der Waals surface area contributed by atoms with Crippen molar-refractivity contribution in [2.75, 3.05) is 5.32 Å². The molecule has 0 aliphatic carbocycles. The van der Waals surface area contributed by atoms with Crippen molar-refractivity contribution in [1.29, 1.82) is 0 Å². The van der Waals surface area contributed by atoms with Gasteiger partial charge in [0.2, 0.25) is 0 Å². The van der Waals surface area contributed by atoms with Gasteiger partial charge in [0.15, 0.2) is 5.82 Å². The summed E-state index contributed by atoms with van der Waals surface area (Å²) in [5.41, 5.74) is 1.67. The first-order chi connectivity index (χ1) is 12.0. The normalized spacial score (nSPS) is 11.3. The summed E-state index contributed by atoms with van der Waals surface area (Å²) in [4.78, 5) is 8.61. The molecule has 7 heteroatoms. The second-order valence-electron chi connectivity index (χ2n) is 5.94. The molecular weight excluding hydrogens is 326 g/mol. The number of hydrogen-bond acceptors (Lipinski definition) is 5. The summed E-state index contributed by atoms with van der Waals surface area (Å²) in [6, 6.07) is 9.80. The van der Waals surface area contributed by atoms with Crippen LogP contribution in [0.5, 0.6) is 0 Å². The van der Waals surface area contributed by atoms with Gasteiger partial charge in [-0.3, -0.25) is 0 Å². The zero-order valence-electron chi connectivity index (χ0n) is 13.9. The number of nitrogens with one attached hydrogen (secondary N) is 1. The average molecular weight is 344 g/mol. The predicted molar refractivity (Wildman–Crippen MR) is 90.3 cm³/mol. The second kappa shape index (κ2) is 7.38. The van der Waals surface area contributed by atoms with Crippen LogP contribution in [0.1, 0.15) is 43.1 Å². The molecule has 0 saturated heterocycles. The Morgan fingerprint density at radius 1 is 1.12 bits per heavy atom. The maximum atomic E-state index is 12.6. The number of nitrogens with zero attached hydrogens (tertiary/aromatic N) is 3. The summed E-state index contributed by atoms with van der Waals surface area (Å²) in [6.07, 6.45) is -0.804. The van der Waals surface area contributed by atoms with E-state index >= 15 is 0 Å². The van der Waals surface area contributed by atoms with E-state index in [-0.39, 0.29) is 11.5 Å². The maximum absolute atomic E-state index is 12.6. The molecule has 0 unspecified atom stereocenters. The Morgan fingerprint density at radius 3 is 2.52 bits per heavy atom. The fourth-order valence-corrected chi connectivity index (χ4v) is 2.22. The van der Waals surface area contributed by atoms with Gasteiger partial charge in [0.1, 0.15) is 5.82 Å². The third-order valence-corrected chi connectivity index (χ3v) is 3.67. The van der Waals surface area contributed by atoms with Crippen LogP contribution in [0, 0.1) is 0 Å². The summed E-state index contributed by atoms with van der Waals surface area (Å²) >= 11 is 0. The quantitative estimate of drug-likeness (QED) is 0.695. The van der Waals surface area contributed by atoms with Crippen molar-refractivity contribution in [3.8, 4) is 11.5 Å². The number of hydrogen-bond donors (Lipinski definition) is 1. The molecule has 0 saturated carbocycles. The molecule has 0 radical (unpaired) electrons. The van der Waals surface area contributed by atoms with Gasteiger partial charge in [-0.05, 0) is 17.7 Å². The maximum Gasteiger partial charge on any atom is 0.263 e. The fourth-order valence-electron chi connectivity index (χ4n) is 2.22. The number of anilines is 1. The third kappa shape index (κ3) is 4.17. The number of pyridine rings is 1. The van der Waals surface area contributed by atoms with Crippen molar-refractivity contribution in [3.63, 3.8) is 0 Å². The number of alkyl halides is 2. The molecule has 0 amide bonds. The average Bonchev–Trinajstić information content (AvgIpc) is 3.11. The highest BCUT2D eigenvalue weighted by molar-refractivity contribution is 5.57. The Hall–Kier alpha value is -2.83. The zero-order chi connectivity index (χ0) is 17.8. The van der Waals surface area contributed by atoms with Crippen molar-refractivity contribution in [3.05, 3.63) is 59.5 Å². The van der Waals surface area contributed by atoms with Gasteiger partial charge in [-0.15, -0.1) is 0 Å². The van der Waals surface area contributed by atoms with Crippen LogP contribution in [0.4, 0.5) is 14.6 Å². The van der Waals surface area contributed by atoms with E-state index in [0.717, 1.165) is 11.1 Å². The number of benzene rings is 1. The van der Waals surface area contributed by atoms with Crippen LogP contribution in [0.3, 0.4) is 0 Å². The Morgan fingerprint density at radius 2 is 1.88 bits per heavy atom. The summed E-state index contributed by atoms with van der Waals surface area (Å²) in [5, 5.41) is 7.11. The van der Waals surface area contributed by atoms with Crippen molar-refractivity contribution >= 4 is 5.82 Å². The number of rotatable bonds is 6. The molecule has 3 rings (SSSR count). The lowest BCUT2D eigenvalue weighted by Gasteiger charge is -2.07. The Balaban J connectivity index is 1.69. The number of halogens is 2. The lowest BCUT2D eigenvalue weighted by Crippen LogP contribution is -2.01. The molecule has 2 aromatic heterocycles. The fraction of sp³-hybridized carbons (Fsp3) is 0.278. The van der Waals surface area contributed by atoms with E-state index in [1.54, 1.807) is 24.4 Å². The van der Waals surface area contributed by atoms with Crippen LogP contribution in [0.15, 0.2) is 47.1 Å². The Bertz CT molecular complexity index is 831. The molecule has 130 valence electrons. The van der Waals surface area contributed by atoms with E-state index in [1.807, 2.05) is 19.9 Å². The Labute approximate surface area is 144 Å². The van der Waals surface area contributed by atoms with Crippen LogP contribution in [0.2, 0.25) is 0 Å². The molecule has 2 heterocycles. The molecule has 3 aromatic rings. The van der Waals surface area contributed by atoms with Gasteiger partial charge in [0, 0.05) is 29.8 Å². The third-order valence-electron chi connectivity index (χ3n) is 3.67. The Kier molecular flexibility index (Phi) is 5.02. The minimum atomic E-state index is -2.45. The van der Waals surface area contributed by atoms with Crippen LogP contribution in [-0.4, -0.2) is 15.1 Å². The molecule has 1 aromatic carbocycles. The van der Waals surface area contributed by atoms with Crippen molar-refractivity contribution < 1.29 is 13.3 Å². The highest BCUT2D eigenvalue weighted by atomic mass is 19.3. The standard InChI is InChI=1S/C18H18F2N4O/c1-11(2)17-23-18(25-24-17)14-7-8-21-15(9-14)22-10-12-3-5-13(6-4-12)16(19)20/h3-9,11,16H,10H2,1-2H3,(H,21,22). The summed E-state index contributed by atoms with van der Waals surface area (Å²) < 4.78 is 30.4. The van der Waals surface area contributed by atoms with Crippen molar-refractivity contribution in [2.24, 2.45) is 0 Å². The van der Waals surface area contributed by atoms with E-state index < -0.39 is 6.43 Å². The van der Waals surface area contributed by atoms with Crippen molar-refractivity contribution in [1.82, 2.24) is 15.1 Å². The summed E-state index contributed by atoms with van der Waals surface area (Å²) in [6.45, 7) is 4.46. The molecule has 1 N–H and O–H groups in total. The van der Waals surface area contributed by atoms with Crippen molar-refractivity contribution in [2.45, 2.75) is 32.7 Å². The summed E-state index contributed by atoms with van der Waals surface area (Å²) in [7, 11) is 0. The number of aromatic nitrogens is 3. The minimum absolute atomic E-state index is 0.0150. The van der Waals surface area contributed by atoms with E-state index in [4.69, 9.17) is 4.52 Å². The first-order valence-corrected chi connectivity index (χ1v) is 7.94. The van der Waals surface area contributed by atoms with E-state index in [9.17, 15) is 8.78 Å². The van der Waals surface area contributed by atoms with Gasteiger partial charge in [0.25, 0.3) is 12.3 Å². The van der Waals surface area contributed by atoms with Gasteiger partial charge in [-0.25, -0.2) is 13.8 Å². The van der Waals surface area contributed by atoms with Gasteiger partial charge in [-0.1, -0.05) is 43.3 Å². The SMILES string of the molecule is CC(C)c1noc(-c2ccnc(NCc3ccc(C(F)F)cc3)c2)n1. The lowest BCUT2D eigenvalue weighted by atomic mass is 10.1. The first kappa shape index (κ1) is 17.0. The van der Waals surface area contributed by atoms with Crippen LogP contribution in [0.25, 0.3) is 11.5 Å². The molecule has 5 nitrogen and oxygen atoms in total. The second-order valence-corrected chi connectivity index (χ2v) is 5.94. The monoisotopic (exact) mass is 344 g/mol. The van der Waals surface area contributed by atoms with Crippen LogP contribution < -0.4 is 5.32 Å². The molecule has 25 heavy (non-hydrogen) atoms. The zero-order valence-corrected chi connectivity index (χ0v) is 13.9.